The van der Waals surface area contributed by atoms with Crippen LogP contribution >= 0.6 is 0 Å². The highest BCUT2D eigenvalue weighted by Gasteiger charge is 2.26. The molecule has 2 fully saturated rings. The van der Waals surface area contributed by atoms with Crippen molar-refractivity contribution in [2.24, 2.45) is 0 Å². The number of halogens is 1. The number of ether oxygens (including phenoxy) is 1. The summed E-state index contributed by atoms with van der Waals surface area (Å²) in [5, 5.41) is 3.19. The van der Waals surface area contributed by atoms with E-state index in [1.54, 1.807) is 17.0 Å². The van der Waals surface area contributed by atoms with Gasteiger partial charge in [0.05, 0.1) is 6.61 Å². The zero-order valence-corrected chi connectivity index (χ0v) is 16.0. The SMILES string of the molecule is CN(CCCCCC1CC(c2cccc(F)c2)NN1)C(=O)C1CNCCO1. The molecule has 0 saturated carbocycles. The van der Waals surface area contributed by atoms with Crippen molar-refractivity contribution in [3.05, 3.63) is 35.6 Å². The molecule has 0 bridgehead atoms. The molecule has 7 heteroatoms. The molecule has 1 amide bonds. The quantitative estimate of drug-likeness (QED) is 0.602. The maximum absolute atomic E-state index is 13.4. The van der Waals surface area contributed by atoms with E-state index in [0.29, 0.717) is 19.2 Å². The summed E-state index contributed by atoms with van der Waals surface area (Å²) in [7, 11) is 1.85. The van der Waals surface area contributed by atoms with Gasteiger partial charge >= 0.3 is 0 Å². The third-order valence-corrected chi connectivity index (χ3v) is 5.36. The van der Waals surface area contributed by atoms with Gasteiger partial charge in [0, 0.05) is 38.8 Å². The second-order valence-corrected chi connectivity index (χ2v) is 7.50. The van der Waals surface area contributed by atoms with Gasteiger partial charge in [0.2, 0.25) is 0 Å². The van der Waals surface area contributed by atoms with Gasteiger partial charge in [0.1, 0.15) is 11.9 Å². The molecule has 27 heavy (non-hydrogen) atoms. The molecule has 3 rings (SSSR count). The fourth-order valence-corrected chi connectivity index (χ4v) is 3.75. The van der Waals surface area contributed by atoms with Crippen molar-refractivity contribution in [1.82, 2.24) is 21.1 Å². The minimum Gasteiger partial charge on any atom is -0.366 e. The Labute approximate surface area is 160 Å². The summed E-state index contributed by atoms with van der Waals surface area (Å²) in [4.78, 5) is 14.1. The first kappa shape index (κ1) is 20.2. The molecule has 150 valence electrons. The normalized spacial score (nSPS) is 25.5. The summed E-state index contributed by atoms with van der Waals surface area (Å²) in [6, 6.07) is 7.36. The molecule has 2 saturated heterocycles. The summed E-state index contributed by atoms with van der Waals surface area (Å²) < 4.78 is 18.9. The number of hydrazine groups is 1. The zero-order valence-electron chi connectivity index (χ0n) is 16.0. The third kappa shape index (κ3) is 5.97. The molecule has 0 aliphatic carbocycles. The minimum atomic E-state index is -0.336. The molecular formula is C20H31FN4O2. The average molecular weight is 378 g/mol. The van der Waals surface area contributed by atoms with Crippen molar-refractivity contribution in [2.45, 2.75) is 50.3 Å². The third-order valence-electron chi connectivity index (χ3n) is 5.36. The number of carbonyl (C=O) groups excluding carboxylic acids is 1. The second kappa shape index (κ2) is 10.1. The first-order valence-electron chi connectivity index (χ1n) is 9.97. The molecule has 1 aromatic rings. The molecule has 6 nitrogen and oxygen atoms in total. The number of carbonyl (C=O) groups is 1. The van der Waals surface area contributed by atoms with Crippen molar-refractivity contribution in [3.8, 4) is 0 Å². The number of nitrogens with zero attached hydrogens (tertiary/aromatic N) is 1. The summed E-state index contributed by atoms with van der Waals surface area (Å²) >= 11 is 0. The number of nitrogens with one attached hydrogen (secondary N) is 3. The molecule has 2 aliphatic rings. The maximum Gasteiger partial charge on any atom is 0.252 e. The molecule has 3 unspecified atom stereocenters. The van der Waals surface area contributed by atoms with Crippen LogP contribution in [0.1, 0.15) is 43.7 Å². The number of hydrogen-bond donors (Lipinski definition) is 3. The highest BCUT2D eigenvalue weighted by molar-refractivity contribution is 5.81. The lowest BCUT2D eigenvalue weighted by molar-refractivity contribution is -0.143. The van der Waals surface area contributed by atoms with E-state index in [9.17, 15) is 9.18 Å². The molecular weight excluding hydrogens is 347 g/mol. The highest BCUT2D eigenvalue weighted by atomic mass is 19.1. The van der Waals surface area contributed by atoms with E-state index in [1.165, 1.54) is 6.07 Å². The predicted molar refractivity (Wildman–Crippen MR) is 103 cm³/mol. The van der Waals surface area contributed by atoms with E-state index in [2.05, 4.69) is 16.2 Å². The Morgan fingerprint density at radius 2 is 2.19 bits per heavy atom. The van der Waals surface area contributed by atoms with E-state index in [1.807, 2.05) is 13.1 Å². The fraction of sp³-hybridized carbons (Fsp3) is 0.650. The zero-order chi connectivity index (χ0) is 19.1. The average Bonchev–Trinajstić information content (AvgIpc) is 3.16. The van der Waals surface area contributed by atoms with Crippen molar-refractivity contribution in [3.63, 3.8) is 0 Å². The topological polar surface area (TPSA) is 65.6 Å². The minimum absolute atomic E-state index is 0.0711. The molecule has 0 aromatic heterocycles. The lowest BCUT2D eigenvalue weighted by Gasteiger charge is -2.27. The van der Waals surface area contributed by atoms with Crippen LogP contribution in [0.25, 0.3) is 0 Å². The van der Waals surface area contributed by atoms with E-state index < -0.39 is 0 Å². The van der Waals surface area contributed by atoms with Gasteiger partial charge in [0.25, 0.3) is 5.91 Å². The van der Waals surface area contributed by atoms with Gasteiger partial charge in [-0.15, -0.1) is 0 Å². The van der Waals surface area contributed by atoms with Crippen LogP contribution < -0.4 is 16.2 Å². The smallest absolute Gasteiger partial charge is 0.252 e. The largest absolute Gasteiger partial charge is 0.366 e. The lowest BCUT2D eigenvalue weighted by atomic mass is 9.99. The lowest BCUT2D eigenvalue weighted by Crippen LogP contribution is -2.48. The molecule has 2 aliphatic heterocycles. The monoisotopic (exact) mass is 378 g/mol. The van der Waals surface area contributed by atoms with E-state index >= 15 is 0 Å². The van der Waals surface area contributed by atoms with E-state index in [4.69, 9.17) is 4.74 Å². The summed E-state index contributed by atoms with van der Waals surface area (Å²) in [5.74, 6) is -0.118. The Morgan fingerprint density at radius 1 is 1.30 bits per heavy atom. The van der Waals surface area contributed by atoms with Gasteiger partial charge in [-0.25, -0.2) is 4.39 Å². The van der Waals surface area contributed by atoms with Crippen LogP contribution in [0.2, 0.25) is 0 Å². The van der Waals surface area contributed by atoms with Crippen LogP contribution in [0.5, 0.6) is 0 Å². The number of unbranched alkanes of at least 4 members (excludes halogenated alkanes) is 2. The van der Waals surface area contributed by atoms with Crippen LogP contribution in [0.3, 0.4) is 0 Å². The van der Waals surface area contributed by atoms with Gasteiger partial charge < -0.3 is 15.0 Å². The molecule has 0 radical (unpaired) electrons. The number of likely N-dealkylation sites (N-methyl/N-ethyl adjacent to an activating group) is 1. The molecule has 0 spiro atoms. The summed E-state index contributed by atoms with van der Waals surface area (Å²) in [6.45, 7) is 2.79. The van der Waals surface area contributed by atoms with Crippen molar-refractivity contribution in [1.29, 1.82) is 0 Å². The highest BCUT2D eigenvalue weighted by Crippen LogP contribution is 2.25. The summed E-state index contributed by atoms with van der Waals surface area (Å²) in [5.41, 5.74) is 7.59. The Kier molecular flexibility index (Phi) is 7.58. The van der Waals surface area contributed by atoms with Gasteiger partial charge in [-0.2, -0.15) is 0 Å². The number of benzene rings is 1. The fourth-order valence-electron chi connectivity index (χ4n) is 3.75. The van der Waals surface area contributed by atoms with Gasteiger partial charge in [-0.1, -0.05) is 25.0 Å². The van der Waals surface area contributed by atoms with Crippen LogP contribution in [-0.2, 0) is 9.53 Å². The van der Waals surface area contributed by atoms with Crippen LogP contribution in [-0.4, -0.2) is 56.2 Å². The Morgan fingerprint density at radius 3 is 2.96 bits per heavy atom. The second-order valence-electron chi connectivity index (χ2n) is 7.50. The Balaban J connectivity index is 1.29. The van der Waals surface area contributed by atoms with Crippen LogP contribution in [0.4, 0.5) is 4.39 Å². The predicted octanol–water partition coefficient (Wildman–Crippen LogP) is 1.74. The number of morpholine rings is 1. The van der Waals surface area contributed by atoms with E-state index in [0.717, 1.165) is 50.8 Å². The van der Waals surface area contributed by atoms with Crippen molar-refractivity contribution >= 4 is 5.91 Å². The number of hydrogen-bond acceptors (Lipinski definition) is 5. The van der Waals surface area contributed by atoms with Crippen molar-refractivity contribution in [2.75, 3.05) is 33.3 Å². The summed E-state index contributed by atoms with van der Waals surface area (Å²) in [6.07, 6.45) is 4.90. The first-order valence-corrected chi connectivity index (χ1v) is 9.97. The van der Waals surface area contributed by atoms with Crippen LogP contribution in [0.15, 0.2) is 24.3 Å². The maximum atomic E-state index is 13.4. The first-order chi connectivity index (χ1) is 13.1. The van der Waals surface area contributed by atoms with Gasteiger partial charge in [-0.05, 0) is 37.0 Å². The van der Waals surface area contributed by atoms with Gasteiger partial charge in [-0.3, -0.25) is 15.6 Å². The standard InChI is InChI=1S/C20H31FN4O2/c1-25(20(26)19-14-22-9-11-27-19)10-4-2-3-8-17-13-18(24-23-17)15-6-5-7-16(21)12-15/h5-7,12,17-19,22-24H,2-4,8-11,13-14H2,1H3. The Bertz CT molecular complexity index is 609. The number of amides is 1. The number of rotatable bonds is 8. The molecule has 3 atom stereocenters. The Hall–Kier alpha value is -1.54. The molecule has 3 N–H and O–H groups in total. The molecule has 2 heterocycles. The van der Waals surface area contributed by atoms with Crippen LogP contribution in [0, 0.1) is 5.82 Å². The van der Waals surface area contributed by atoms with E-state index in [-0.39, 0.29) is 23.9 Å². The van der Waals surface area contributed by atoms with Crippen molar-refractivity contribution < 1.29 is 13.9 Å². The van der Waals surface area contributed by atoms with Gasteiger partial charge in [0.15, 0.2) is 0 Å². The molecule has 1 aromatic carbocycles.